The van der Waals surface area contributed by atoms with Crippen LogP contribution in [0.3, 0.4) is 0 Å². The summed E-state index contributed by atoms with van der Waals surface area (Å²) in [4.78, 5) is 26.5. The Balaban J connectivity index is 4.86. The van der Waals surface area contributed by atoms with E-state index in [1.54, 1.807) is 4.90 Å². The van der Waals surface area contributed by atoms with Crippen molar-refractivity contribution in [3.63, 3.8) is 0 Å². The summed E-state index contributed by atoms with van der Waals surface area (Å²) >= 11 is 0. The Labute approximate surface area is 121 Å². The van der Waals surface area contributed by atoms with Gasteiger partial charge in [0.25, 0.3) is 0 Å². The molecule has 6 nitrogen and oxygen atoms in total. The number of unbranched alkanes of at least 4 members (excludes halogenated alkanes) is 1. The van der Waals surface area contributed by atoms with Crippen molar-refractivity contribution in [2.45, 2.75) is 46.1 Å². The summed E-state index contributed by atoms with van der Waals surface area (Å²) in [6.45, 7) is 7.08. The standard InChI is InChI=1S/C14H28N2O4/c1-5-7-8-16(12(3)6-2)14(19)15(9-10-20-4)11-13(17)18/h12H,5-11H2,1-4H3,(H,17,18). The molecule has 118 valence electrons. The Kier molecular flexibility index (Phi) is 9.80. The molecule has 0 aliphatic rings. The summed E-state index contributed by atoms with van der Waals surface area (Å²) < 4.78 is 4.95. The third-order valence-electron chi connectivity index (χ3n) is 3.28. The molecule has 0 aromatic carbocycles. The van der Waals surface area contributed by atoms with Gasteiger partial charge < -0.3 is 19.6 Å². The minimum absolute atomic E-state index is 0.105. The second-order valence-corrected chi connectivity index (χ2v) is 4.89. The van der Waals surface area contributed by atoms with E-state index in [-0.39, 0.29) is 18.6 Å². The number of carbonyl (C=O) groups is 2. The SMILES string of the molecule is CCCCN(C(=O)N(CCOC)CC(=O)O)C(C)CC. The smallest absolute Gasteiger partial charge is 0.323 e. The molecular weight excluding hydrogens is 260 g/mol. The average Bonchev–Trinajstić information content (AvgIpc) is 2.42. The number of carboxylic acid groups (broad SMARTS) is 1. The van der Waals surface area contributed by atoms with E-state index in [9.17, 15) is 9.59 Å². The molecule has 6 heteroatoms. The lowest BCUT2D eigenvalue weighted by Crippen LogP contribution is -2.50. The number of aliphatic carboxylic acids is 1. The highest BCUT2D eigenvalue weighted by atomic mass is 16.5. The van der Waals surface area contributed by atoms with Gasteiger partial charge >= 0.3 is 12.0 Å². The molecule has 20 heavy (non-hydrogen) atoms. The minimum atomic E-state index is -1.01. The monoisotopic (exact) mass is 288 g/mol. The molecule has 0 heterocycles. The fraction of sp³-hybridized carbons (Fsp3) is 0.857. The largest absolute Gasteiger partial charge is 0.480 e. The maximum Gasteiger partial charge on any atom is 0.323 e. The van der Waals surface area contributed by atoms with Gasteiger partial charge in [-0.15, -0.1) is 0 Å². The third kappa shape index (κ3) is 6.75. The molecule has 0 fully saturated rings. The van der Waals surface area contributed by atoms with E-state index in [4.69, 9.17) is 9.84 Å². The number of urea groups is 1. The van der Waals surface area contributed by atoms with Crippen LogP contribution in [0.2, 0.25) is 0 Å². The van der Waals surface area contributed by atoms with Crippen molar-refractivity contribution in [2.24, 2.45) is 0 Å². The van der Waals surface area contributed by atoms with Crippen LogP contribution >= 0.6 is 0 Å². The lowest BCUT2D eigenvalue weighted by molar-refractivity contribution is -0.137. The highest BCUT2D eigenvalue weighted by Crippen LogP contribution is 2.10. The van der Waals surface area contributed by atoms with E-state index in [0.29, 0.717) is 19.7 Å². The third-order valence-corrected chi connectivity index (χ3v) is 3.28. The van der Waals surface area contributed by atoms with Crippen molar-refractivity contribution in [3.05, 3.63) is 0 Å². The van der Waals surface area contributed by atoms with Gasteiger partial charge in [0, 0.05) is 26.2 Å². The maximum atomic E-state index is 12.5. The van der Waals surface area contributed by atoms with Crippen molar-refractivity contribution < 1.29 is 19.4 Å². The van der Waals surface area contributed by atoms with Crippen molar-refractivity contribution in [1.82, 2.24) is 9.80 Å². The summed E-state index contributed by atoms with van der Waals surface area (Å²) in [5, 5.41) is 8.93. The topological polar surface area (TPSA) is 70.1 Å². The summed E-state index contributed by atoms with van der Waals surface area (Å²) in [5.74, 6) is -1.01. The van der Waals surface area contributed by atoms with Crippen LogP contribution in [-0.4, -0.2) is 66.3 Å². The first-order valence-corrected chi connectivity index (χ1v) is 7.24. The van der Waals surface area contributed by atoms with Gasteiger partial charge in [0.05, 0.1) is 6.61 Å². The van der Waals surface area contributed by atoms with Crippen LogP contribution in [0.25, 0.3) is 0 Å². The molecule has 0 aromatic rings. The molecule has 0 saturated carbocycles. The fourth-order valence-electron chi connectivity index (χ4n) is 1.84. The quantitative estimate of drug-likeness (QED) is 0.668. The predicted molar refractivity (Wildman–Crippen MR) is 77.8 cm³/mol. The molecule has 0 aromatic heterocycles. The van der Waals surface area contributed by atoms with Gasteiger partial charge in [-0.1, -0.05) is 20.3 Å². The average molecular weight is 288 g/mol. The molecule has 2 amide bonds. The molecule has 1 N–H and O–H groups in total. The van der Waals surface area contributed by atoms with Gasteiger partial charge in [0.1, 0.15) is 6.54 Å². The van der Waals surface area contributed by atoms with Crippen molar-refractivity contribution >= 4 is 12.0 Å². The predicted octanol–water partition coefficient (Wildman–Crippen LogP) is 2.04. The van der Waals surface area contributed by atoms with Crippen molar-refractivity contribution in [2.75, 3.05) is 33.4 Å². The van der Waals surface area contributed by atoms with Crippen molar-refractivity contribution in [3.8, 4) is 0 Å². The van der Waals surface area contributed by atoms with Crippen LogP contribution < -0.4 is 0 Å². The molecule has 0 radical (unpaired) electrons. The molecule has 0 saturated heterocycles. The number of carboxylic acids is 1. The summed E-state index contributed by atoms with van der Waals surface area (Å²) in [6, 6.07) is -0.111. The number of nitrogens with zero attached hydrogens (tertiary/aromatic N) is 2. The van der Waals surface area contributed by atoms with Gasteiger partial charge in [0.2, 0.25) is 0 Å². The van der Waals surface area contributed by atoms with Crippen LogP contribution in [0.15, 0.2) is 0 Å². The molecule has 0 spiro atoms. The molecule has 1 unspecified atom stereocenters. The number of ether oxygens (including phenoxy) is 1. The Morgan fingerprint density at radius 2 is 1.90 bits per heavy atom. The lowest BCUT2D eigenvalue weighted by Gasteiger charge is -2.33. The van der Waals surface area contributed by atoms with E-state index < -0.39 is 5.97 Å². The highest BCUT2D eigenvalue weighted by molar-refractivity contribution is 5.80. The Bertz CT molecular complexity index is 297. The normalized spacial score (nSPS) is 12.0. The lowest BCUT2D eigenvalue weighted by atomic mass is 10.2. The molecule has 0 aliphatic carbocycles. The maximum absolute atomic E-state index is 12.5. The van der Waals surface area contributed by atoms with Crippen LogP contribution in [0.1, 0.15) is 40.0 Å². The number of hydrogen-bond acceptors (Lipinski definition) is 3. The molecule has 0 rings (SSSR count). The van der Waals surface area contributed by atoms with Gasteiger partial charge in [-0.3, -0.25) is 4.79 Å². The minimum Gasteiger partial charge on any atom is -0.480 e. The first-order chi connectivity index (χ1) is 9.47. The molecular formula is C14H28N2O4. The van der Waals surface area contributed by atoms with Crippen molar-refractivity contribution in [1.29, 1.82) is 0 Å². The fourth-order valence-corrected chi connectivity index (χ4v) is 1.84. The second kappa shape index (κ2) is 10.5. The zero-order valence-electron chi connectivity index (χ0n) is 13.1. The summed E-state index contributed by atoms with van der Waals surface area (Å²) in [5.41, 5.74) is 0. The molecule has 0 aliphatic heterocycles. The highest BCUT2D eigenvalue weighted by Gasteiger charge is 2.25. The van der Waals surface area contributed by atoms with Crippen LogP contribution in [0, 0.1) is 0 Å². The first-order valence-electron chi connectivity index (χ1n) is 7.24. The van der Waals surface area contributed by atoms with E-state index >= 15 is 0 Å². The summed E-state index contributed by atoms with van der Waals surface area (Å²) in [6.07, 6.45) is 2.76. The van der Waals surface area contributed by atoms with Crippen LogP contribution in [-0.2, 0) is 9.53 Å². The van der Waals surface area contributed by atoms with Gasteiger partial charge in [-0.25, -0.2) is 4.79 Å². The van der Waals surface area contributed by atoms with Gasteiger partial charge in [-0.05, 0) is 19.8 Å². The Hall–Kier alpha value is -1.30. The van der Waals surface area contributed by atoms with E-state index in [2.05, 4.69) is 6.92 Å². The van der Waals surface area contributed by atoms with Crippen LogP contribution in [0.4, 0.5) is 4.79 Å². The Morgan fingerprint density at radius 3 is 2.35 bits per heavy atom. The number of methoxy groups -OCH3 is 1. The Morgan fingerprint density at radius 1 is 1.25 bits per heavy atom. The van der Waals surface area contributed by atoms with Crippen LogP contribution in [0.5, 0.6) is 0 Å². The molecule has 1 atom stereocenters. The van der Waals surface area contributed by atoms with E-state index in [1.807, 2.05) is 13.8 Å². The number of rotatable bonds is 10. The number of carbonyl (C=O) groups excluding carboxylic acids is 1. The van der Waals surface area contributed by atoms with E-state index in [1.165, 1.54) is 12.0 Å². The van der Waals surface area contributed by atoms with Gasteiger partial charge in [0.15, 0.2) is 0 Å². The zero-order chi connectivity index (χ0) is 15.5. The first kappa shape index (κ1) is 18.7. The number of amides is 2. The number of hydrogen-bond donors (Lipinski definition) is 1. The zero-order valence-corrected chi connectivity index (χ0v) is 13.1. The second-order valence-electron chi connectivity index (χ2n) is 4.89. The van der Waals surface area contributed by atoms with E-state index in [0.717, 1.165) is 19.3 Å². The summed E-state index contributed by atoms with van der Waals surface area (Å²) in [7, 11) is 1.53. The van der Waals surface area contributed by atoms with Gasteiger partial charge in [-0.2, -0.15) is 0 Å². The molecule has 0 bridgehead atoms.